The first-order valence-corrected chi connectivity index (χ1v) is 11.5. The number of anilines is 1. The number of rotatable bonds is 10. The molecule has 0 amide bonds. The minimum atomic E-state index is -4.19. The van der Waals surface area contributed by atoms with Gasteiger partial charge in [0.05, 0.1) is 31.3 Å². The summed E-state index contributed by atoms with van der Waals surface area (Å²) in [6.07, 6.45) is 3.16. The van der Waals surface area contributed by atoms with Gasteiger partial charge in [-0.15, -0.1) is 0 Å². The van der Waals surface area contributed by atoms with Crippen molar-refractivity contribution in [2.24, 2.45) is 0 Å². The van der Waals surface area contributed by atoms with Gasteiger partial charge in [-0.2, -0.15) is 0 Å². The molecule has 172 valence electrons. The molecular formula is C24H24N2O6S. The molecule has 0 bridgehead atoms. The van der Waals surface area contributed by atoms with E-state index in [1.807, 2.05) is 0 Å². The first-order chi connectivity index (χ1) is 15.8. The van der Waals surface area contributed by atoms with Crippen LogP contribution >= 0.6 is 0 Å². The van der Waals surface area contributed by atoms with Gasteiger partial charge in [0.25, 0.3) is 10.0 Å². The highest BCUT2D eigenvalue weighted by Crippen LogP contribution is 2.35. The van der Waals surface area contributed by atoms with E-state index in [0.717, 1.165) is 4.31 Å². The number of carbonyl (C=O) groups is 2. The SMILES string of the molecule is COc1ccc(OC)c(N(CC(=O)Cc2cccnc2)S(=O)(=O)c2ccc(C(C)=O)cc2)c1. The molecule has 0 aliphatic carbocycles. The third kappa shape index (κ3) is 5.56. The minimum absolute atomic E-state index is 0.00934. The van der Waals surface area contributed by atoms with Gasteiger partial charge < -0.3 is 9.47 Å². The van der Waals surface area contributed by atoms with E-state index in [9.17, 15) is 18.0 Å². The molecule has 2 aromatic carbocycles. The fourth-order valence-electron chi connectivity index (χ4n) is 3.23. The van der Waals surface area contributed by atoms with Gasteiger partial charge in [-0.1, -0.05) is 18.2 Å². The Labute approximate surface area is 192 Å². The van der Waals surface area contributed by atoms with Crippen molar-refractivity contribution in [3.8, 4) is 11.5 Å². The number of benzene rings is 2. The Morgan fingerprint density at radius 1 is 1.00 bits per heavy atom. The van der Waals surface area contributed by atoms with Crippen LogP contribution in [0.3, 0.4) is 0 Å². The van der Waals surface area contributed by atoms with Crippen LogP contribution in [-0.2, 0) is 21.2 Å². The topological polar surface area (TPSA) is 103 Å². The van der Waals surface area contributed by atoms with E-state index in [2.05, 4.69) is 4.98 Å². The summed E-state index contributed by atoms with van der Waals surface area (Å²) in [5, 5.41) is 0. The number of aromatic nitrogens is 1. The summed E-state index contributed by atoms with van der Waals surface area (Å²) in [5.41, 5.74) is 1.21. The maximum Gasteiger partial charge on any atom is 0.264 e. The predicted molar refractivity (Wildman–Crippen MR) is 123 cm³/mol. The zero-order chi connectivity index (χ0) is 24.0. The van der Waals surface area contributed by atoms with Crippen molar-refractivity contribution in [2.75, 3.05) is 25.1 Å². The van der Waals surface area contributed by atoms with Crippen LogP contribution in [0.4, 0.5) is 5.69 Å². The Morgan fingerprint density at radius 2 is 1.73 bits per heavy atom. The summed E-state index contributed by atoms with van der Waals surface area (Å²) in [4.78, 5) is 28.4. The van der Waals surface area contributed by atoms with E-state index < -0.39 is 16.6 Å². The second kappa shape index (κ2) is 10.3. The predicted octanol–water partition coefficient (Wildman–Crippen LogP) is 3.31. The molecule has 0 aliphatic rings. The number of hydrogen-bond donors (Lipinski definition) is 0. The van der Waals surface area contributed by atoms with Crippen LogP contribution in [0.5, 0.6) is 11.5 Å². The Hall–Kier alpha value is -3.72. The molecular weight excluding hydrogens is 444 g/mol. The smallest absolute Gasteiger partial charge is 0.264 e. The van der Waals surface area contributed by atoms with Crippen molar-refractivity contribution in [1.82, 2.24) is 4.98 Å². The van der Waals surface area contributed by atoms with Crippen LogP contribution < -0.4 is 13.8 Å². The van der Waals surface area contributed by atoms with Crippen molar-refractivity contribution >= 4 is 27.3 Å². The standard InChI is InChI=1S/C24H24N2O6S/c1-17(27)19-6-9-22(10-7-19)33(29,30)26(16-20(28)13-18-5-4-12-25-15-18)23-14-21(31-2)8-11-24(23)32-3/h4-12,14-15H,13,16H2,1-3H3. The van der Waals surface area contributed by atoms with Crippen molar-refractivity contribution in [3.05, 3.63) is 78.1 Å². The molecule has 3 rings (SSSR count). The molecule has 3 aromatic rings. The lowest BCUT2D eigenvalue weighted by Crippen LogP contribution is -2.36. The molecule has 0 unspecified atom stereocenters. The molecule has 0 fully saturated rings. The highest BCUT2D eigenvalue weighted by Gasteiger charge is 2.30. The normalized spacial score (nSPS) is 11.0. The molecule has 0 saturated heterocycles. The number of ketones is 2. The summed E-state index contributed by atoms with van der Waals surface area (Å²) < 4.78 is 38.9. The first-order valence-electron chi connectivity index (χ1n) is 10.0. The number of nitrogens with zero attached hydrogens (tertiary/aromatic N) is 2. The van der Waals surface area contributed by atoms with Gasteiger partial charge in [0.15, 0.2) is 11.6 Å². The van der Waals surface area contributed by atoms with Crippen molar-refractivity contribution < 1.29 is 27.5 Å². The molecule has 0 radical (unpaired) electrons. The average molecular weight is 469 g/mol. The number of ether oxygens (including phenoxy) is 2. The zero-order valence-corrected chi connectivity index (χ0v) is 19.3. The molecule has 1 heterocycles. The Morgan fingerprint density at radius 3 is 2.30 bits per heavy atom. The number of pyridine rings is 1. The van der Waals surface area contributed by atoms with Crippen LogP contribution in [0.15, 0.2) is 71.9 Å². The molecule has 0 atom stereocenters. The summed E-state index contributed by atoms with van der Waals surface area (Å²) in [6, 6.07) is 13.7. The summed E-state index contributed by atoms with van der Waals surface area (Å²) in [7, 11) is -1.32. The lowest BCUT2D eigenvalue weighted by molar-refractivity contribution is -0.117. The fourth-order valence-corrected chi connectivity index (χ4v) is 4.68. The van der Waals surface area contributed by atoms with Gasteiger partial charge in [-0.05, 0) is 42.8 Å². The second-order valence-electron chi connectivity index (χ2n) is 7.21. The average Bonchev–Trinajstić information content (AvgIpc) is 2.82. The lowest BCUT2D eigenvalue weighted by Gasteiger charge is -2.26. The van der Waals surface area contributed by atoms with Gasteiger partial charge in [0.2, 0.25) is 0 Å². The molecule has 8 nitrogen and oxygen atoms in total. The molecule has 0 N–H and O–H groups in total. The second-order valence-corrected chi connectivity index (χ2v) is 9.07. The van der Waals surface area contributed by atoms with E-state index in [4.69, 9.17) is 9.47 Å². The van der Waals surface area contributed by atoms with Crippen LogP contribution in [0.2, 0.25) is 0 Å². The number of carbonyl (C=O) groups excluding carboxylic acids is 2. The van der Waals surface area contributed by atoms with Gasteiger partial charge in [0, 0.05) is 30.4 Å². The van der Waals surface area contributed by atoms with Crippen LogP contribution in [-0.4, -0.2) is 45.7 Å². The number of hydrogen-bond acceptors (Lipinski definition) is 7. The van der Waals surface area contributed by atoms with Gasteiger partial charge in [0.1, 0.15) is 11.5 Å². The van der Waals surface area contributed by atoms with E-state index in [1.54, 1.807) is 36.7 Å². The van der Waals surface area contributed by atoms with Crippen LogP contribution in [0.25, 0.3) is 0 Å². The molecule has 33 heavy (non-hydrogen) atoms. The lowest BCUT2D eigenvalue weighted by atomic mass is 10.1. The molecule has 0 spiro atoms. The zero-order valence-electron chi connectivity index (χ0n) is 18.5. The number of sulfonamides is 1. The fraction of sp³-hybridized carbons (Fsp3) is 0.208. The van der Waals surface area contributed by atoms with Gasteiger partial charge in [-0.3, -0.25) is 18.9 Å². The maximum absolute atomic E-state index is 13.6. The van der Waals surface area contributed by atoms with Crippen molar-refractivity contribution in [1.29, 1.82) is 0 Å². The van der Waals surface area contributed by atoms with Crippen molar-refractivity contribution in [2.45, 2.75) is 18.2 Å². The highest BCUT2D eigenvalue weighted by atomic mass is 32.2. The van der Waals surface area contributed by atoms with E-state index in [0.29, 0.717) is 16.9 Å². The van der Waals surface area contributed by atoms with Crippen molar-refractivity contribution in [3.63, 3.8) is 0 Å². The third-order valence-electron chi connectivity index (χ3n) is 4.95. The monoisotopic (exact) mass is 468 g/mol. The first kappa shape index (κ1) is 23.9. The molecule has 0 saturated carbocycles. The Balaban J connectivity index is 2.06. The highest BCUT2D eigenvalue weighted by molar-refractivity contribution is 7.92. The molecule has 9 heteroatoms. The summed E-state index contributed by atoms with van der Waals surface area (Å²) in [6.45, 7) is 0.962. The quantitative estimate of drug-likeness (QED) is 0.421. The van der Waals surface area contributed by atoms with E-state index in [-0.39, 0.29) is 34.3 Å². The minimum Gasteiger partial charge on any atom is -0.497 e. The summed E-state index contributed by atoms with van der Waals surface area (Å²) in [5.74, 6) is 0.139. The van der Waals surface area contributed by atoms with E-state index in [1.165, 1.54) is 51.5 Å². The number of methoxy groups -OCH3 is 2. The van der Waals surface area contributed by atoms with Gasteiger partial charge in [-0.25, -0.2) is 8.42 Å². The van der Waals surface area contributed by atoms with Crippen LogP contribution in [0, 0.1) is 0 Å². The number of Topliss-reactive ketones (excluding diaryl/α,β-unsaturated/α-hetero) is 2. The third-order valence-corrected chi connectivity index (χ3v) is 6.72. The molecule has 0 aliphatic heterocycles. The Bertz CT molecular complexity index is 1240. The summed E-state index contributed by atoms with van der Waals surface area (Å²) >= 11 is 0. The maximum atomic E-state index is 13.6. The Kier molecular flexibility index (Phi) is 7.44. The van der Waals surface area contributed by atoms with Gasteiger partial charge >= 0.3 is 0 Å². The molecule has 1 aromatic heterocycles. The van der Waals surface area contributed by atoms with Crippen LogP contribution in [0.1, 0.15) is 22.8 Å². The largest absolute Gasteiger partial charge is 0.497 e. The van der Waals surface area contributed by atoms with E-state index >= 15 is 0 Å².